The molecule has 0 aliphatic carbocycles. The Hall–Kier alpha value is -2.97. The second-order valence-corrected chi connectivity index (χ2v) is 8.24. The van der Waals surface area contributed by atoms with Crippen LogP contribution in [0.3, 0.4) is 0 Å². The number of benzene rings is 2. The van der Waals surface area contributed by atoms with Gasteiger partial charge in [-0.15, -0.1) is 11.3 Å². The van der Waals surface area contributed by atoms with Crippen LogP contribution in [0.1, 0.15) is 5.56 Å². The predicted octanol–water partition coefficient (Wildman–Crippen LogP) is 4.49. The van der Waals surface area contributed by atoms with E-state index in [0.29, 0.717) is 34.5 Å². The smallest absolute Gasteiger partial charge is 0.264 e. The summed E-state index contributed by atoms with van der Waals surface area (Å²) >= 11 is 7.80. The fraction of sp³-hybridized carbons (Fsp3) is 0.273. The second-order valence-electron chi connectivity index (χ2n) is 6.95. The van der Waals surface area contributed by atoms with E-state index in [0.717, 1.165) is 28.4 Å². The van der Waals surface area contributed by atoms with Gasteiger partial charge in [-0.25, -0.2) is 4.98 Å². The second kappa shape index (κ2) is 9.03. The van der Waals surface area contributed by atoms with Gasteiger partial charge in [0.25, 0.3) is 5.91 Å². The molecule has 7 nitrogen and oxygen atoms in total. The summed E-state index contributed by atoms with van der Waals surface area (Å²) in [5, 5.41) is 6.62. The Balaban J connectivity index is 1.47. The molecule has 4 rings (SSSR count). The number of nitrogens with zero attached hydrogens (tertiary/aromatic N) is 2. The molecule has 0 bridgehead atoms. The molecular weight excluding hydrogens is 438 g/mol. The number of fused-ring (bicyclic) bond motifs is 1. The van der Waals surface area contributed by atoms with Gasteiger partial charge in [0.2, 0.25) is 0 Å². The number of rotatable bonds is 7. The lowest BCUT2D eigenvalue weighted by molar-refractivity contribution is -0.120. The van der Waals surface area contributed by atoms with E-state index in [1.807, 2.05) is 29.6 Å². The van der Waals surface area contributed by atoms with E-state index >= 15 is 0 Å². The molecule has 31 heavy (non-hydrogen) atoms. The molecule has 3 aromatic rings. The molecule has 0 spiro atoms. The summed E-state index contributed by atoms with van der Waals surface area (Å²) in [6.07, 6.45) is 0.803. The number of hydrogen-bond donors (Lipinski definition) is 1. The standard InChI is InChI=1S/C22H22ClN3O4S/c1-26-17-10-14(23)9-15(21(17)30-11-20(26)27)16-12-31-22(25-16)24-7-6-13-4-5-18(28-2)19(8-13)29-3/h4-5,8-10,12H,6-7,11H2,1-3H3,(H,24,25). The Morgan fingerprint density at radius 2 is 2.03 bits per heavy atom. The van der Waals surface area contributed by atoms with E-state index in [1.54, 1.807) is 32.2 Å². The zero-order valence-electron chi connectivity index (χ0n) is 17.4. The van der Waals surface area contributed by atoms with Crippen molar-refractivity contribution in [3.8, 4) is 28.5 Å². The van der Waals surface area contributed by atoms with Crippen LogP contribution in [0.2, 0.25) is 5.02 Å². The van der Waals surface area contributed by atoms with Crippen molar-refractivity contribution in [2.24, 2.45) is 0 Å². The fourth-order valence-corrected chi connectivity index (χ4v) is 4.32. The normalized spacial score (nSPS) is 12.9. The van der Waals surface area contributed by atoms with Gasteiger partial charge in [-0.3, -0.25) is 4.79 Å². The zero-order valence-corrected chi connectivity index (χ0v) is 19.0. The Morgan fingerprint density at radius 1 is 1.23 bits per heavy atom. The number of amides is 1. The predicted molar refractivity (Wildman–Crippen MR) is 123 cm³/mol. The van der Waals surface area contributed by atoms with Gasteiger partial charge in [0, 0.05) is 29.6 Å². The number of hydrogen-bond acceptors (Lipinski definition) is 7. The number of methoxy groups -OCH3 is 2. The van der Waals surface area contributed by atoms with E-state index in [-0.39, 0.29) is 12.5 Å². The number of anilines is 2. The van der Waals surface area contributed by atoms with Crippen molar-refractivity contribution in [1.82, 2.24) is 4.98 Å². The molecule has 0 saturated heterocycles. The molecule has 0 atom stereocenters. The average molecular weight is 460 g/mol. The minimum atomic E-state index is -0.114. The van der Waals surface area contributed by atoms with Crippen LogP contribution in [0.15, 0.2) is 35.7 Å². The molecule has 1 aliphatic heterocycles. The van der Waals surface area contributed by atoms with Gasteiger partial charge in [-0.05, 0) is 36.2 Å². The highest BCUT2D eigenvalue weighted by Crippen LogP contribution is 2.43. The summed E-state index contributed by atoms with van der Waals surface area (Å²) in [6.45, 7) is 0.711. The van der Waals surface area contributed by atoms with Crippen LogP contribution in [0.5, 0.6) is 17.2 Å². The first-order chi connectivity index (χ1) is 15.0. The van der Waals surface area contributed by atoms with Crippen molar-refractivity contribution in [1.29, 1.82) is 0 Å². The van der Waals surface area contributed by atoms with Gasteiger partial charge in [0.15, 0.2) is 29.0 Å². The number of ether oxygens (including phenoxy) is 3. The molecule has 0 saturated carbocycles. The zero-order chi connectivity index (χ0) is 22.0. The molecule has 0 unspecified atom stereocenters. The largest absolute Gasteiger partial charge is 0.493 e. The van der Waals surface area contributed by atoms with Crippen molar-refractivity contribution in [2.45, 2.75) is 6.42 Å². The van der Waals surface area contributed by atoms with Crippen LogP contribution in [0.4, 0.5) is 10.8 Å². The maximum Gasteiger partial charge on any atom is 0.264 e. The summed E-state index contributed by atoms with van der Waals surface area (Å²) in [5.74, 6) is 1.93. The van der Waals surface area contributed by atoms with E-state index in [1.165, 1.54) is 11.3 Å². The molecule has 1 amide bonds. The Morgan fingerprint density at radius 3 is 2.81 bits per heavy atom. The first-order valence-electron chi connectivity index (χ1n) is 9.63. The molecule has 162 valence electrons. The molecule has 2 heterocycles. The summed E-state index contributed by atoms with van der Waals surface area (Å²) in [4.78, 5) is 18.2. The van der Waals surface area contributed by atoms with Gasteiger partial charge in [0.1, 0.15) is 0 Å². The molecule has 0 radical (unpaired) electrons. The van der Waals surface area contributed by atoms with Crippen molar-refractivity contribution >= 4 is 39.7 Å². The topological polar surface area (TPSA) is 72.9 Å². The highest BCUT2D eigenvalue weighted by atomic mass is 35.5. The van der Waals surface area contributed by atoms with Gasteiger partial charge in [-0.1, -0.05) is 17.7 Å². The highest BCUT2D eigenvalue weighted by molar-refractivity contribution is 7.14. The third kappa shape index (κ3) is 4.40. The van der Waals surface area contributed by atoms with Gasteiger partial charge in [0.05, 0.1) is 25.6 Å². The van der Waals surface area contributed by atoms with E-state index in [9.17, 15) is 4.79 Å². The van der Waals surface area contributed by atoms with Crippen molar-refractivity contribution < 1.29 is 19.0 Å². The number of likely N-dealkylation sites (N-methyl/N-ethyl adjacent to an activating group) is 1. The maximum absolute atomic E-state index is 12.0. The molecular formula is C22H22ClN3O4S. The first kappa shape index (κ1) is 21.3. The monoisotopic (exact) mass is 459 g/mol. The minimum absolute atomic E-state index is 0.00129. The summed E-state index contributed by atoms with van der Waals surface area (Å²) in [7, 11) is 4.96. The Bertz CT molecular complexity index is 1120. The molecule has 9 heteroatoms. The van der Waals surface area contributed by atoms with E-state index in [2.05, 4.69) is 10.3 Å². The molecule has 0 fully saturated rings. The van der Waals surface area contributed by atoms with E-state index in [4.69, 9.17) is 25.8 Å². The fourth-order valence-electron chi connectivity index (χ4n) is 3.36. The molecule has 1 aromatic heterocycles. The number of thiazole rings is 1. The van der Waals surface area contributed by atoms with Crippen LogP contribution >= 0.6 is 22.9 Å². The Labute approximate surface area is 189 Å². The number of carbonyl (C=O) groups is 1. The van der Waals surface area contributed by atoms with Crippen LogP contribution in [-0.4, -0.2) is 45.3 Å². The SMILES string of the molecule is COc1ccc(CCNc2nc(-c3cc(Cl)cc4c3OCC(=O)N4C)cs2)cc1OC. The van der Waals surface area contributed by atoms with Crippen molar-refractivity contribution in [3.05, 3.63) is 46.3 Å². The number of nitrogens with one attached hydrogen (secondary N) is 1. The number of carbonyl (C=O) groups excluding carboxylic acids is 1. The van der Waals surface area contributed by atoms with Crippen molar-refractivity contribution in [3.63, 3.8) is 0 Å². The van der Waals surface area contributed by atoms with Gasteiger partial charge < -0.3 is 24.4 Å². The highest BCUT2D eigenvalue weighted by Gasteiger charge is 2.26. The lowest BCUT2D eigenvalue weighted by atomic mass is 10.1. The summed E-state index contributed by atoms with van der Waals surface area (Å²) in [6, 6.07) is 9.43. The minimum Gasteiger partial charge on any atom is -0.493 e. The molecule has 1 aliphatic rings. The molecule has 2 aromatic carbocycles. The third-order valence-corrected chi connectivity index (χ3v) is 6.05. The summed E-state index contributed by atoms with van der Waals surface area (Å²) < 4.78 is 16.3. The quantitative estimate of drug-likeness (QED) is 0.561. The van der Waals surface area contributed by atoms with Gasteiger partial charge in [-0.2, -0.15) is 0 Å². The first-order valence-corrected chi connectivity index (χ1v) is 10.9. The number of halogens is 1. The Kier molecular flexibility index (Phi) is 6.20. The molecule has 1 N–H and O–H groups in total. The number of aromatic nitrogens is 1. The lowest BCUT2D eigenvalue weighted by Gasteiger charge is -2.27. The summed E-state index contributed by atoms with van der Waals surface area (Å²) in [5.41, 5.74) is 3.30. The maximum atomic E-state index is 12.0. The van der Waals surface area contributed by atoms with Crippen molar-refractivity contribution in [2.75, 3.05) is 44.6 Å². The van der Waals surface area contributed by atoms with E-state index < -0.39 is 0 Å². The van der Waals surface area contributed by atoms with Gasteiger partial charge >= 0.3 is 0 Å². The van der Waals surface area contributed by atoms with Crippen LogP contribution in [0, 0.1) is 0 Å². The lowest BCUT2D eigenvalue weighted by Crippen LogP contribution is -2.35. The average Bonchev–Trinajstić information content (AvgIpc) is 3.24. The third-order valence-electron chi connectivity index (χ3n) is 5.03. The van der Waals surface area contributed by atoms with Crippen LogP contribution in [-0.2, 0) is 11.2 Å². The van der Waals surface area contributed by atoms with Crippen LogP contribution in [0.25, 0.3) is 11.3 Å². The van der Waals surface area contributed by atoms with Crippen LogP contribution < -0.4 is 24.4 Å².